The van der Waals surface area contributed by atoms with Crippen molar-refractivity contribution in [1.82, 2.24) is 10.2 Å². The number of piperazine rings is 1. The van der Waals surface area contributed by atoms with Crippen LogP contribution >= 0.6 is 0 Å². The third-order valence-electron chi connectivity index (χ3n) is 3.97. The molecule has 2 rings (SSSR count). The third kappa shape index (κ3) is 3.00. The van der Waals surface area contributed by atoms with Crippen LogP contribution in [0.1, 0.15) is 39.3 Å². The van der Waals surface area contributed by atoms with Gasteiger partial charge in [-0.05, 0) is 33.3 Å². The summed E-state index contributed by atoms with van der Waals surface area (Å²) in [6, 6.07) is 10.9. The van der Waals surface area contributed by atoms with Gasteiger partial charge in [-0.15, -0.1) is 6.42 Å². The Bertz CT molecular complexity index is 468. The summed E-state index contributed by atoms with van der Waals surface area (Å²) in [6.07, 6.45) is 5.75. The molecule has 1 heterocycles. The fraction of sp³-hybridized carbons (Fsp3) is 0.529. The average Bonchev–Trinajstić information content (AvgIpc) is 2.39. The molecule has 19 heavy (non-hydrogen) atoms. The second kappa shape index (κ2) is 5.00. The first-order chi connectivity index (χ1) is 8.86. The van der Waals surface area contributed by atoms with Crippen molar-refractivity contribution in [3.63, 3.8) is 0 Å². The van der Waals surface area contributed by atoms with Gasteiger partial charge in [-0.2, -0.15) is 0 Å². The number of hydrogen-bond acceptors (Lipinski definition) is 2. The van der Waals surface area contributed by atoms with E-state index in [1.807, 2.05) is 0 Å². The summed E-state index contributed by atoms with van der Waals surface area (Å²) >= 11 is 0. The molecule has 1 aromatic carbocycles. The van der Waals surface area contributed by atoms with E-state index in [4.69, 9.17) is 6.42 Å². The maximum atomic E-state index is 5.75. The monoisotopic (exact) mass is 256 g/mol. The molecular weight excluding hydrogens is 232 g/mol. The zero-order valence-corrected chi connectivity index (χ0v) is 12.4. The fourth-order valence-corrected chi connectivity index (χ4v) is 2.72. The Morgan fingerprint density at radius 3 is 2.53 bits per heavy atom. The number of nitrogens with one attached hydrogen (secondary N) is 1. The van der Waals surface area contributed by atoms with Crippen LogP contribution in [0.3, 0.4) is 0 Å². The quantitative estimate of drug-likeness (QED) is 0.819. The number of rotatable bonds is 2. The van der Waals surface area contributed by atoms with Crippen molar-refractivity contribution < 1.29 is 0 Å². The predicted octanol–water partition coefficient (Wildman–Crippen LogP) is 2.82. The molecule has 1 N–H and O–H groups in total. The lowest BCUT2D eigenvalue weighted by molar-refractivity contribution is 0.0369. The van der Waals surface area contributed by atoms with E-state index in [1.165, 1.54) is 5.56 Å². The van der Waals surface area contributed by atoms with E-state index in [0.29, 0.717) is 6.04 Å². The molecule has 1 aliphatic rings. The fourth-order valence-electron chi connectivity index (χ4n) is 2.72. The van der Waals surface area contributed by atoms with E-state index < -0.39 is 0 Å². The predicted molar refractivity (Wildman–Crippen MR) is 80.9 cm³/mol. The van der Waals surface area contributed by atoms with Gasteiger partial charge in [-0.25, -0.2) is 0 Å². The Balaban J connectivity index is 2.34. The summed E-state index contributed by atoms with van der Waals surface area (Å²) < 4.78 is 0. The van der Waals surface area contributed by atoms with Crippen LogP contribution in [0.25, 0.3) is 0 Å². The Labute approximate surface area is 117 Å². The van der Waals surface area contributed by atoms with Crippen molar-refractivity contribution in [3.8, 4) is 12.3 Å². The molecule has 1 unspecified atom stereocenters. The van der Waals surface area contributed by atoms with Crippen LogP contribution in [0, 0.1) is 12.3 Å². The number of nitrogens with zero attached hydrogens (tertiary/aromatic N) is 1. The van der Waals surface area contributed by atoms with Crippen LogP contribution in [-0.2, 0) is 0 Å². The summed E-state index contributed by atoms with van der Waals surface area (Å²) in [4.78, 5) is 2.44. The SMILES string of the molecule is C#CC(C)(C)N1CC(C)(C)NCC1c1ccccc1. The minimum absolute atomic E-state index is 0.0966. The van der Waals surface area contributed by atoms with E-state index in [0.717, 1.165) is 13.1 Å². The van der Waals surface area contributed by atoms with Gasteiger partial charge in [0.25, 0.3) is 0 Å². The Hall–Kier alpha value is -1.30. The first-order valence-corrected chi connectivity index (χ1v) is 6.90. The minimum atomic E-state index is -0.236. The lowest BCUT2D eigenvalue weighted by Gasteiger charge is -2.50. The van der Waals surface area contributed by atoms with E-state index in [-0.39, 0.29) is 11.1 Å². The second-order valence-electron chi connectivity index (χ2n) is 6.52. The molecule has 0 amide bonds. The van der Waals surface area contributed by atoms with Crippen LogP contribution < -0.4 is 5.32 Å². The zero-order valence-electron chi connectivity index (χ0n) is 12.4. The van der Waals surface area contributed by atoms with Gasteiger partial charge in [-0.3, -0.25) is 4.90 Å². The first-order valence-electron chi connectivity index (χ1n) is 6.90. The summed E-state index contributed by atoms with van der Waals surface area (Å²) in [5.41, 5.74) is 1.19. The van der Waals surface area contributed by atoms with Crippen molar-refractivity contribution in [2.45, 2.75) is 44.8 Å². The molecule has 1 fully saturated rings. The summed E-state index contributed by atoms with van der Waals surface area (Å²) in [5.74, 6) is 2.95. The van der Waals surface area contributed by atoms with Crippen LogP contribution in [0.5, 0.6) is 0 Å². The molecule has 0 radical (unpaired) electrons. The summed E-state index contributed by atoms with van der Waals surface area (Å²) in [7, 11) is 0. The molecule has 1 atom stereocenters. The highest BCUT2D eigenvalue weighted by atomic mass is 15.3. The topological polar surface area (TPSA) is 15.3 Å². The van der Waals surface area contributed by atoms with Gasteiger partial charge >= 0.3 is 0 Å². The second-order valence-corrected chi connectivity index (χ2v) is 6.52. The van der Waals surface area contributed by atoms with E-state index >= 15 is 0 Å². The molecule has 0 aromatic heterocycles. The third-order valence-corrected chi connectivity index (χ3v) is 3.97. The highest BCUT2D eigenvalue weighted by molar-refractivity contribution is 5.24. The Morgan fingerprint density at radius 1 is 1.32 bits per heavy atom. The highest BCUT2D eigenvalue weighted by Gasteiger charge is 2.39. The van der Waals surface area contributed by atoms with Crippen molar-refractivity contribution >= 4 is 0 Å². The largest absolute Gasteiger partial charge is 0.309 e. The van der Waals surface area contributed by atoms with Gasteiger partial charge < -0.3 is 5.32 Å². The molecule has 2 nitrogen and oxygen atoms in total. The van der Waals surface area contributed by atoms with Crippen LogP contribution in [0.2, 0.25) is 0 Å². The maximum Gasteiger partial charge on any atom is 0.0772 e. The van der Waals surface area contributed by atoms with Crippen molar-refractivity contribution in [2.24, 2.45) is 0 Å². The summed E-state index contributed by atoms with van der Waals surface area (Å²) in [6.45, 7) is 10.6. The van der Waals surface area contributed by atoms with E-state index in [1.54, 1.807) is 0 Å². The highest BCUT2D eigenvalue weighted by Crippen LogP contribution is 2.32. The van der Waals surface area contributed by atoms with Crippen molar-refractivity contribution in [3.05, 3.63) is 35.9 Å². The normalized spacial score (nSPS) is 23.8. The first kappa shape index (κ1) is 14.1. The molecule has 102 valence electrons. The van der Waals surface area contributed by atoms with Gasteiger partial charge in [0.05, 0.1) is 5.54 Å². The molecule has 0 aliphatic carbocycles. The molecule has 1 aromatic rings. The Morgan fingerprint density at radius 2 is 1.95 bits per heavy atom. The van der Waals surface area contributed by atoms with Gasteiger partial charge in [0.2, 0.25) is 0 Å². The number of terminal acetylenes is 1. The molecule has 1 aliphatic heterocycles. The van der Waals surface area contributed by atoms with Crippen LogP contribution in [0.15, 0.2) is 30.3 Å². The molecule has 1 saturated heterocycles. The molecule has 2 heteroatoms. The average molecular weight is 256 g/mol. The lowest BCUT2D eigenvalue weighted by Crippen LogP contribution is -2.62. The summed E-state index contributed by atoms with van der Waals surface area (Å²) in [5, 5.41) is 3.62. The van der Waals surface area contributed by atoms with Gasteiger partial charge in [0.15, 0.2) is 0 Å². The van der Waals surface area contributed by atoms with Gasteiger partial charge in [0.1, 0.15) is 0 Å². The van der Waals surface area contributed by atoms with Gasteiger partial charge in [0, 0.05) is 24.7 Å². The number of benzene rings is 1. The van der Waals surface area contributed by atoms with Gasteiger partial charge in [-0.1, -0.05) is 36.3 Å². The molecule has 0 spiro atoms. The van der Waals surface area contributed by atoms with Crippen LogP contribution in [0.4, 0.5) is 0 Å². The van der Waals surface area contributed by atoms with E-state index in [9.17, 15) is 0 Å². The standard InChI is InChI=1S/C17H24N2/c1-6-17(4,5)19-13-16(2,3)18-12-15(19)14-10-8-7-9-11-14/h1,7-11,15,18H,12-13H2,2-5H3. The molecular formula is C17H24N2. The van der Waals surface area contributed by atoms with Crippen molar-refractivity contribution in [2.75, 3.05) is 13.1 Å². The lowest BCUT2D eigenvalue weighted by atomic mass is 9.89. The molecule has 0 bridgehead atoms. The molecule has 0 saturated carbocycles. The maximum absolute atomic E-state index is 5.75. The zero-order chi connectivity index (χ0) is 14.1. The van der Waals surface area contributed by atoms with E-state index in [2.05, 4.69) is 74.2 Å². The smallest absolute Gasteiger partial charge is 0.0772 e. The van der Waals surface area contributed by atoms with Crippen LogP contribution in [-0.4, -0.2) is 29.1 Å². The Kier molecular flexibility index (Phi) is 3.71. The van der Waals surface area contributed by atoms with Crippen molar-refractivity contribution in [1.29, 1.82) is 0 Å². The number of hydrogen-bond donors (Lipinski definition) is 1. The minimum Gasteiger partial charge on any atom is -0.309 e.